The Bertz CT molecular complexity index is 414. The van der Waals surface area contributed by atoms with Crippen molar-refractivity contribution >= 4 is 27.2 Å². The van der Waals surface area contributed by atoms with Crippen molar-refractivity contribution in [2.75, 3.05) is 6.54 Å². The third-order valence-corrected chi connectivity index (χ3v) is 3.05. The Labute approximate surface area is 88.2 Å². The third kappa shape index (κ3) is 3.06. The molecule has 0 heterocycles. The first-order chi connectivity index (χ1) is 6.52. The molecule has 0 saturated heterocycles. The normalized spacial score (nSPS) is 11.1. The molecule has 0 spiro atoms. The van der Waals surface area contributed by atoms with Gasteiger partial charge in [-0.15, -0.1) is 0 Å². The average molecular weight is 230 g/mol. The van der Waals surface area contributed by atoms with Crippen molar-refractivity contribution in [3.8, 4) is 0 Å². The highest BCUT2D eigenvalue weighted by molar-refractivity contribution is 7.89. The van der Waals surface area contributed by atoms with E-state index in [1.807, 2.05) is 0 Å². The van der Waals surface area contributed by atoms with E-state index in [0.717, 1.165) is 0 Å². The van der Waals surface area contributed by atoms with Gasteiger partial charge < -0.3 is 5.73 Å². The van der Waals surface area contributed by atoms with E-state index in [1.54, 1.807) is 18.2 Å². The number of rotatable bonds is 4. The number of hydrogen-bond donors (Lipinski definition) is 2. The average Bonchev–Trinajstić information content (AvgIpc) is 2.16. The van der Waals surface area contributed by atoms with E-state index in [1.165, 1.54) is 12.1 Å². The quantitative estimate of drug-likeness (QED) is 0.727. The van der Waals surface area contributed by atoms with Gasteiger partial charge in [0.25, 0.3) is 0 Å². The van der Waals surface area contributed by atoms with Gasteiger partial charge in [0.1, 0.15) is 0 Å². The van der Waals surface area contributed by atoms with E-state index in [-0.39, 0.29) is 16.4 Å². The predicted molar refractivity (Wildman–Crippen MR) is 58.4 cm³/mol. The Kier molecular flexibility index (Phi) is 3.56. The van der Waals surface area contributed by atoms with Gasteiger partial charge in [-0.3, -0.25) is 0 Å². The molecule has 14 heavy (non-hydrogen) atoms. The van der Waals surface area contributed by atoms with Crippen LogP contribution >= 0.6 is 12.2 Å². The number of benzene rings is 1. The minimum atomic E-state index is -3.47. The van der Waals surface area contributed by atoms with Crippen molar-refractivity contribution in [1.82, 2.24) is 4.72 Å². The summed E-state index contributed by atoms with van der Waals surface area (Å²) >= 11 is 4.56. The van der Waals surface area contributed by atoms with Gasteiger partial charge in [-0.2, -0.15) is 0 Å². The van der Waals surface area contributed by atoms with Crippen molar-refractivity contribution in [1.29, 1.82) is 0 Å². The summed E-state index contributed by atoms with van der Waals surface area (Å²) in [4.78, 5) is 0.320. The molecule has 0 unspecified atom stereocenters. The van der Waals surface area contributed by atoms with E-state index >= 15 is 0 Å². The first kappa shape index (κ1) is 11.1. The molecule has 4 nitrogen and oxygen atoms in total. The second-order valence-electron chi connectivity index (χ2n) is 2.60. The number of sulfonamides is 1. The first-order valence-electron chi connectivity index (χ1n) is 3.85. The fourth-order valence-electron chi connectivity index (χ4n) is 0.849. The van der Waals surface area contributed by atoms with Crippen LogP contribution < -0.4 is 10.5 Å². The van der Waals surface area contributed by atoms with Gasteiger partial charge >= 0.3 is 0 Å². The maximum Gasteiger partial charge on any atom is 0.240 e. The van der Waals surface area contributed by atoms with Crippen molar-refractivity contribution in [3.05, 3.63) is 30.3 Å². The maximum absolute atomic E-state index is 11.5. The van der Waals surface area contributed by atoms with Crippen LogP contribution in [0.5, 0.6) is 0 Å². The van der Waals surface area contributed by atoms with Crippen LogP contribution in [-0.2, 0) is 10.0 Å². The molecule has 0 amide bonds. The zero-order valence-corrected chi connectivity index (χ0v) is 8.94. The van der Waals surface area contributed by atoms with Crippen LogP contribution in [-0.4, -0.2) is 20.0 Å². The maximum atomic E-state index is 11.5. The molecule has 0 aromatic heterocycles. The largest absolute Gasteiger partial charge is 0.392 e. The standard InChI is InChI=1S/C8H10N2O2S2/c9-8(13)6-10-14(11,12)7-4-2-1-3-5-7/h1-5,10H,6H2,(H2,9,13). The van der Waals surface area contributed by atoms with E-state index in [0.29, 0.717) is 0 Å². The summed E-state index contributed by atoms with van der Waals surface area (Å²) in [7, 11) is -3.47. The lowest BCUT2D eigenvalue weighted by atomic mass is 10.4. The van der Waals surface area contributed by atoms with Crippen LogP contribution in [0.2, 0.25) is 0 Å². The number of nitrogens with two attached hydrogens (primary N) is 1. The molecule has 76 valence electrons. The molecule has 6 heteroatoms. The highest BCUT2D eigenvalue weighted by Crippen LogP contribution is 2.06. The summed E-state index contributed by atoms with van der Waals surface area (Å²) in [6.45, 7) is -0.0213. The highest BCUT2D eigenvalue weighted by Gasteiger charge is 2.12. The van der Waals surface area contributed by atoms with Crippen LogP contribution in [0.1, 0.15) is 0 Å². The molecule has 0 aliphatic rings. The zero-order chi connectivity index (χ0) is 10.6. The molecule has 0 fully saturated rings. The van der Waals surface area contributed by atoms with Gasteiger partial charge in [0.05, 0.1) is 16.4 Å². The molecule has 3 N–H and O–H groups in total. The van der Waals surface area contributed by atoms with E-state index in [9.17, 15) is 8.42 Å². The van der Waals surface area contributed by atoms with Gasteiger partial charge in [0.2, 0.25) is 10.0 Å². The Morgan fingerprint density at radius 1 is 1.36 bits per heavy atom. The van der Waals surface area contributed by atoms with Crippen LogP contribution in [0.15, 0.2) is 35.2 Å². The topological polar surface area (TPSA) is 72.2 Å². The van der Waals surface area contributed by atoms with Crippen LogP contribution in [0.25, 0.3) is 0 Å². The fraction of sp³-hybridized carbons (Fsp3) is 0.125. The fourth-order valence-corrected chi connectivity index (χ4v) is 2.04. The Hall–Kier alpha value is -0.980. The Balaban J connectivity index is 2.82. The summed E-state index contributed by atoms with van der Waals surface area (Å²) in [5.74, 6) is 0. The predicted octanol–water partition coefficient (Wildman–Crippen LogP) is 0.251. The molecule has 0 aliphatic carbocycles. The molecule has 1 aromatic carbocycles. The minimum absolute atomic E-state index is 0.0213. The van der Waals surface area contributed by atoms with Gasteiger partial charge in [-0.25, -0.2) is 13.1 Å². The molecular weight excluding hydrogens is 220 g/mol. The lowest BCUT2D eigenvalue weighted by molar-refractivity contribution is 0.586. The van der Waals surface area contributed by atoms with Gasteiger partial charge in [0.15, 0.2) is 0 Å². The smallest absolute Gasteiger partial charge is 0.240 e. The van der Waals surface area contributed by atoms with E-state index < -0.39 is 10.0 Å². The molecule has 0 aliphatic heterocycles. The lowest BCUT2D eigenvalue weighted by Gasteiger charge is -2.04. The molecule has 1 rings (SSSR count). The Morgan fingerprint density at radius 3 is 2.43 bits per heavy atom. The highest BCUT2D eigenvalue weighted by atomic mass is 32.2. The van der Waals surface area contributed by atoms with Crippen LogP contribution in [0.3, 0.4) is 0 Å². The van der Waals surface area contributed by atoms with Crippen molar-refractivity contribution in [2.24, 2.45) is 5.73 Å². The van der Waals surface area contributed by atoms with E-state index in [4.69, 9.17) is 5.73 Å². The molecular formula is C8H10N2O2S2. The summed E-state index contributed by atoms with van der Waals surface area (Å²) in [5.41, 5.74) is 5.18. The van der Waals surface area contributed by atoms with Crippen LogP contribution in [0, 0.1) is 0 Å². The van der Waals surface area contributed by atoms with Gasteiger partial charge in [-0.1, -0.05) is 30.4 Å². The summed E-state index contributed by atoms with van der Waals surface area (Å²) in [6.07, 6.45) is 0. The van der Waals surface area contributed by atoms with Gasteiger partial charge in [0, 0.05) is 0 Å². The van der Waals surface area contributed by atoms with Crippen LogP contribution in [0.4, 0.5) is 0 Å². The summed E-state index contributed by atoms with van der Waals surface area (Å²) in [5, 5.41) is 0. The van der Waals surface area contributed by atoms with E-state index in [2.05, 4.69) is 16.9 Å². The number of thiocarbonyl (C=S) groups is 1. The van der Waals surface area contributed by atoms with Crippen molar-refractivity contribution in [3.63, 3.8) is 0 Å². The zero-order valence-electron chi connectivity index (χ0n) is 7.30. The molecule has 0 bridgehead atoms. The lowest BCUT2D eigenvalue weighted by Crippen LogP contribution is -2.32. The monoisotopic (exact) mass is 230 g/mol. The summed E-state index contributed by atoms with van der Waals surface area (Å²) in [6, 6.07) is 8.04. The van der Waals surface area contributed by atoms with Gasteiger partial charge in [-0.05, 0) is 12.1 Å². The Morgan fingerprint density at radius 2 is 1.93 bits per heavy atom. The first-order valence-corrected chi connectivity index (χ1v) is 5.74. The molecule has 1 aromatic rings. The number of nitrogens with one attached hydrogen (secondary N) is 1. The molecule has 0 atom stereocenters. The second kappa shape index (κ2) is 4.50. The molecule has 0 radical (unpaired) electrons. The SMILES string of the molecule is NC(=S)CNS(=O)(=O)c1ccccc1. The van der Waals surface area contributed by atoms with Crippen molar-refractivity contribution < 1.29 is 8.42 Å². The third-order valence-electron chi connectivity index (χ3n) is 1.49. The second-order valence-corrected chi connectivity index (χ2v) is 4.90. The summed E-state index contributed by atoms with van der Waals surface area (Å²) < 4.78 is 25.3. The van der Waals surface area contributed by atoms with Crippen molar-refractivity contribution in [2.45, 2.75) is 4.90 Å². The minimum Gasteiger partial charge on any atom is -0.392 e. The number of hydrogen-bond acceptors (Lipinski definition) is 3. The molecule has 0 saturated carbocycles.